The quantitative estimate of drug-likeness (QED) is 0.120. The van der Waals surface area contributed by atoms with Crippen molar-refractivity contribution in [2.75, 3.05) is 13.9 Å². The van der Waals surface area contributed by atoms with Gasteiger partial charge in [0.05, 0.1) is 34.5 Å². The molecule has 1 aliphatic rings. The Balaban J connectivity index is 1.24. The molecule has 2 aromatic heterocycles. The van der Waals surface area contributed by atoms with Crippen LogP contribution in [-0.2, 0) is 6.61 Å². The summed E-state index contributed by atoms with van der Waals surface area (Å²) in [5.74, 6) is 2.35. The van der Waals surface area contributed by atoms with Gasteiger partial charge in [-0.3, -0.25) is 14.9 Å². The number of nitrogens with zero attached hydrogens (tertiary/aromatic N) is 4. The van der Waals surface area contributed by atoms with Gasteiger partial charge in [0.15, 0.2) is 23.0 Å². The zero-order chi connectivity index (χ0) is 30.2. The molecule has 12 nitrogen and oxygen atoms in total. The van der Waals surface area contributed by atoms with Crippen molar-refractivity contribution in [1.29, 1.82) is 0 Å². The van der Waals surface area contributed by atoms with E-state index in [4.69, 9.17) is 23.4 Å². The average Bonchev–Trinajstić information content (AvgIpc) is 3.70. The first-order valence-corrected chi connectivity index (χ1v) is 13.4. The SMILES string of the molecule is COc1cccc2oc(-c3nc4ccccc4c(=O)n3N=Cc3ccc(OCc4ccc5c(c4)OCO5)c([N+](=O)[O-])c3)cc12. The summed E-state index contributed by atoms with van der Waals surface area (Å²) in [6.45, 7) is 0.221. The van der Waals surface area contributed by atoms with Crippen LogP contribution in [0.1, 0.15) is 11.1 Å². The molecule has 12 heteroatoms. The van der Waals surface area contributed by atoms with E-state index in [0.717, 1.165) is 10.2 Å². The van der Waals surface area contributed by atoms with Gasteiger partial charge in [-0.05, 0) is 60.2 Å². The fraction of sp³-hybridized carbons (Fsp3) is 0.0938. The number of methoxy groups -OCH3 is 1. The molecule has 0 N–H and O–H groups in total. The van der Waals surface area contributed by atoms with Crippen molar-refractivity contribution < 1.29 is 28.3 Å². The average molecular weight is 591 g/mol. The monoisotopic (exact) mass is 590 g/mol. The summed E-state index contributed by atoms with van der Waals surface area (Å²) in [4.78, 5) is 29.7. The van der Waals surface area contributed by atoms with Gasteiger partial charge in [-0.15, -0.1) is 0 Å². The van der Waals surface area contributed by atoms with Crippen molar-refractivity contribution in [3.8, 4) is 34.6 Å². The fourth-order valence-corrected chi connectivity index (χ4v) is 4.91. The third-order valence-electron chi connectivity index (χ3n) is 7.05. The van der Waals surface area contributed by atoms with Crippen LogP contribution in [0.4, 0.5) is 5.69 Å². The largest absolute Gasteiger partial charge is 0.496 e. The molecule has 3 heterocycles. The minimum atomic E-state index is -0.538. The molecule has 0 bridgehead atoms. The third-order valence-corrected chi connectivity index (χ3v) is 7.05. The van der Waals surface area contributed by atoms with Crippen molar-refractivity contribution in [2.45, 2.75) is 6.61 Å². The van der Waals surface area contributed by atoms with Gasteiger partial charge in [0.2, 0.25) is 12.6 Å². The second kappa shape index (κ2) is 10.9. The lowest BCUT2D eigenvalue weighted by Crippen LogP contribution is -2.20. The Kier molecular flexibility index (Phi) is 6.62. The molecule has 0 saturated heterocycles. The van der Waals surface area contributed by atoms with Gasteiger partial charge in [-0.2, -0.15) is 9.78 Å². The zero-order valence-corrected chi connectivity index (χ0v) is 23.1. The zero-order valence-electron chi connectivity index (χ0n) is 23.1. The molecule has 0 atom stereocenters. The number of para-hydroxylation sites is 1. The van der Waals surface area contributed by atoms with Gasteiger partial charge in [-0.1, -0.05) is 24.3 Å². The highest BCUT2D eigenvalue weighted by Crippen LogP contribution is 2.35. The number of nitro benzene ring substituents is 1. The smallest absolute Gasteiger partial charge is 0.311 e. The Morgan fingerprint density at radius 1 is 0.977 bits per heavy atom. The van der Waals surface area contributed by atoms with Crippen molar-refractivity contribution >= 4 is 33.8 Å². The Morgan fingerprint density at radius 2 is 1.84 bits per heavy atom. The standard InChI is InChI=1S/C32H22N4O8/c1-40-25-7-4-8-26-22(25)15-30(44-26)31-34-23-6-3-2-5-21(23)32(37)35(31)33-16-19-9-11-27(24(13-19)36(38)39)41-17-20-10-12-28-29(14-20)43-18-42-28/h2-16H,17-18H2,1H3. The lowest BCUT2D eigenvalue weighted by molar-refractivity contribution is -0.385. The molecule has 0 amide bonds. The van der Waals surface area contributed by atoms with Crippen LogP contribution in [0.25, 0.3) is 33.5 Å². The molecule has 6 aromatic rings. The first-order chi connectivity index (χ1) is 21.5. The molecular formula is C32H22N4O8. The summed E-state index contributed by atoms with van der Waals surface area (Å²) < 4.78 is 29.1. The van der Waals surface area contributed by atoms with Crippen LogP contribution in [-0.4, -0.2) is 34.7 Å². The minimum absolute atomic E-state index is 0.0752. The summed E-state index contributed by atoms with van der Waals surface area (Å²) in [7, 11) is 1.56. The molecule has 7 rings (SSSR count). The summed E-state index contributed by atoms with van der Waals surface area (Å²) in [6, 6.07) is 23.7. The van der Waals surface area contributed by atoms with Crippen LogP contribution >= 0.6 is 0 Å². The second-order valence-corrected chi connectivity index (χ2v) is 9.76. The number of hydrogen-bond donors (Lipinski definition) is 0. The number of rotatable bonds is 8. The first kappa shape index (κ1) is 26.7. The number of furan rings is 1. The van der Waals surface area contributed by atoms with Gasteiger partial charge in [-0.25, -0.2) is 4.98 Å². The van der Waals surface area contributed by atoms with E-state index in [0.29, 0.717) is 50.4 Å². The van der Waals surface area contributed by atoms with E-state index < -0.39 is 10.5 Å². The highest BCUT2D eigenvalue weighted by molar-refractivity contribution is 5.89. The molecule has 0 unspecified atom stereocenters. The van der Waals surface area contributed by atoms with Crippen LogP contribution in [0, 0.1) is 10.1 Å². The van der Waals surface area contributed by atoms with Crippen LogP contribution < -0.4 is 24.5 Å². The topological polar surface area (TPSA) is 140 Å². The number of aromatic nitrogens is 2. The number of hydrogen-bond acceptors (Lipinski definition) is 10. The Morgan fingerprint density at radius 3 is 2.70 bits per heavy atom. The maximum absolute atomic E-state index is 13.6. The van der Waals surface area contributed by atoms with Crippen molar-refractivity contribution in [3.63, 3.8) is 0 Å². The van der Waals surface area contributed by atoms with Crippen LogP contribution in [0.15, 0.2) is 99.2 Å². The molecule has 0 saturated carbocycles. The highest BCUT2D eigenvalue weighted by atomic mass is 16.7. The molecule has 4 aromatic carbocycles. The summed E-state index contributed by atoms with van der Waals surface area (Å²) >= 11 is 0. The minimum Gasteiger partial charge on any atom is -0.496 e. The van der Waals surface area contributed by atoms with Gasteiger partial charge < -0.3 is 23.4 Å². The van der Waals surface area contributed by atoms with Gasteiger partial charge in [0, 0.05) is 11.6 Å². The van der Waals surface area contributed by atoms with E-state index in [2.05, 4.69) is 10.1 Å². The summed E-state index contributed by atoms with van der Waals surface area (Å²) in [6.07, 6.45) is 1.35. The maximum atomic E-state index is 13.6. The third kappa shape index (κ3) is 4.83. The van der Waals surface area contributed by atoms with Crippen molar-refractivity contribution in [2.24, 2.45) is 5.10 Å². The number of fused-ring (bicyclic) bond motifs is 3. The molecule has 44 heavy (non-hydrogen) atoms. The van der Waals surface area contributed by atoms with Crippen LogP contribution in [0.5, 0.6) is 23.0 Å². The second-order valence-electron chi connectivity index (χ2n) is 9.76. The lowest BCUT2D eigenvalue weighted by Gasteiger charge is -2.09. The van der Waals surface area contributed by atoms with Crippen LogP contribution in [0.3, 0.4) is 0 Å². The van der Waals surface area contributed by atoms with E-state index in [1.165, 1.54) is 18.3 Å². The predicted molar refractivity (Wildman–Crippen MR) is 161 cm³/mol. The molecular weight excluding hydrogens is 568 g/mol. The molecule has 0 spiro atoms. The summed E-state index contributed by atoms with van der Waals surface area (Å²) in [5.41, 5.74) is 1.43. The van der Waals surface area contributed by atoms with Crippen molar-refractivity contribution in [1.82, 2.24) is 9.66 Å². The van der Waals surface area contributed by atoms with E-state index in [-0.39, 0.29) is 30.7 Å². The van der Waals surface area contributed by atoms with E-state index in [9.17, 15) is 14.9 Å². The summed E-state index contributed by atoms with van der Waals surface area (Å²) in [5, 5.41) is 17.4. The van der Waals surface area contributed by atoms with E-state index >= 15 is 0 Å². The first-order valence-electron chi connectivity index (χ1n) is 13.4. The van der Waals surface area contributed by atoms with Crippen LogP contribution in [0.2, 0.25) is 0 Å². The van der Waals surface area contributed by atoms with Gasteiger partial charge in [0.1, 0.15) is 17.9 Å². The number of benzene rings is 4. The molecule has 0 radical (unpaired) electrons. The molecule has 218 valence electrons. The van der Waals surface area contributed by atoms with Gasteiger partial charge in [0.25, 0.3) is 5.56 Å². The predicted octanol–water partition coefficient (Wildman–Crippen LogP) is 5.92. The maximum Gasteiger partial charge on any atom is 0.311 e. The fourth-order valence-electron chi connectivity index (χ4n) is 4.91. The Bertz CT molecular complexity index is 2170. The van der Waals surface area contributed by atoms with E-state index in [1.807, 2.05) is 0 Å². The number of nitro groups is 1. The van der Waals surface area contributed by atoms with E-state index in [1.54, 1.807) is 79.9 Å². The highest BCUT2D eigenvalue weighted by Gasteiger charge is 2.20. The number of ether oxygens (including phenoxy) is 4. The van der Waals surface area contributed by atoms with Crippen molar-refractivity contribution in [3.05, 3.63) is 117 Å². The van der Waals surface area contributed by atoms with Gasteiger partial charge >= 0.3 is 5.69 Å². The Hall–Kier alpha value is -6.17. The molecule has 0 fully saturated rings. The molecule has 0 aliphatic carbocycles. The normalized spacial score (nSPS) is 12.3. The molecule has 1 aliphatic heterocycles. The Labute approximate surface area is 248 Å². The lowest BCUT2D eigenvalue weighted by atomic mass is 10.2.